The molecule has 2 atom stereocenters. The predicted octanol–water partition coefficient (Wildman–Crippen LogP) is 3.70. The highest BCUT2D eigenvalue weighted by atomic mass is 16.5. The van der Waals surface area contributed by atoms with Crippen LogP contribution in [0.3, 0.4) is 0 Å². The van der Waals surface area contributed by atoms with Gasteiger partial charge in [-0.3, -0.25) is 4.90 Å². The number of nitrogens with zero attached hydrogens (tertiary/aromatic N) is 1. The molecule has 0 aliphatic carbocycles. The van der Waals surface area contributed by atoms with Crippen molar-refractivity contribution in [3.63, 3.8) is 0 Å². The molecule has 1 aliphatic rings. The molecule has 4 nitrogen and oxygen atoms in total. The van der Waals surface area contributed by atoms with Gasteiger partial charge in [0.2, 0.25) is 0 Å². The molecule has 0 aromatic heterocycles. The summed E-state index contributed by atoms with van der Waals surface area (Å²) < 4.78 is 10.8. The minimum absolute atomic E-state index is 0.536. The zero-order valence-corrected chi connectivity index (χ0v) is 16.1. The fraction of sp³-hybridized carbons (Fsp3) is 0.455. The van der Waals surface area contributed by atoms with Crippen LogP contribution >= 0.6 is 0 Å². The normalized spacial score (nSPS) is 20.7. The molecule has 1 saturated heterocycles. The third-order valence-electron chi connectivity index (χ3n) is 5.29. The van der Waals surface area contributed by atoms with Crippen LogP contribution in [0.4, 0.5) is 0 Å². The lowest BCUT2D eigenvalue weighted by molar-refractivity contribution is 0.140. The van der Waals surface area contributed by atoms with Crippen molar-refractivity contribution in [2.24, 2.45) is 5.92 Å². The molecular weight excluding hydrogens is 324 g/mol. The van der Waals surface area contributed by atoms with E-state index in [9.17, 15) is 0 Å². The molecule has 2 aromatic rings. The number of hydrogen-bond acceptors (Lipinski definition) is 4. The van der Waals surface area contributed by atoms with Crippen molar-refractivity contribution in [2.45, 2.75) is 32.5 Å². The third-order valence-corrected chi connectivity index (χ3v) is 5.29. The minimum Gasteiger partial charge on any atom is -0.497 e. The quantitative estimate of drug-likeness (QED) is 0.822. The van der Waals surface area contributed by atoms with Crippen LogP contribution in [0.1, 0.15) is 24.5 Å². The van der Waals surface area contributed by atoms with Gasteiger partial charge < -0.3 is 14.8 Å². The van der Waals surface area contributed by atoms with E-state index >= 15 is 0 Å². The smallest absolute Gasteiger partial charge is 0.127 e. The molecule has 140 valence electrons. The predicted molar refractivity (Wildman–Crippen MR) is 106 cm³/mol. The van der Waals surface area contributed by atoms with Crippen molar-refractivity contribution in [3.8, 4) is 11.5 Å². The van der Waals surface area contributed by atoms with Gasteiger partial charge in [0.1, 0.15) is 11.5 Å². The molecule has 1 N–H and O–H groups in total. The zero-order valence-electron chi connectivity index (χ0n) is 16.1. The molecule has 0 amide bonds. The van der Waals surface area contributed by atoms with Crippen molar-refractivity contribution in [1.82, 2.24) is 10.2 Å². The monoisotopic (exact) mass is 354 g/mol. The van der Waals surface area contributed by atoms with Crippen molar-refractivity contribution in [3.05, 3.63) is 59.7 Å². The van der Waals surface area contributed by atoms with Gasteiger partial charge in [0.25, 0.3) is 0 Å². The molecule has 0 unspecified atom stereocenters. The Morgan fingerprint density at radius 2 is 1.88 bits per heavy atom. The second kappa shape index (κ2) is 9.06. The average molecular weight is 354 g/mol. The van der Waals surface area contributed by atoms with E-state index in [1.807, 2.05) is 12.1 Å². The minimum atomic E-state index is 0.536. The van der Waals surface area contributed by atoms with Gasteiger partial charge >= 0.3 is 0 Å². The Morgan fingerprint density at radius 1 is 1.08 bits per heavy atom. The van der Waals surface area contributed by atoms with Crippen LogP contribution < -0.4 is 14.8 Å². The number of rotatable bonds is 7. The highest BCUT2D eigenvalue weighted by Gasteiger charge is 2.25. The summed E-state index contributed by atoms with van der Waals surface area (Å²) in [6.07, 6.45) is 1.17. The van der Waals surface area contributed by atoms with E-state index in [0.717, 1.165) is 37.7 Å². The first-order valence-electron chi connectivity index (χ1n) is 9.40. The molecule has 1 heterocycles. The first-order chi connectivity index (χ1) is 12.7. The van der Waals surface area contributed by atoms with Crippen LogP contribution in [-0.2, 0) is 13.1 Å². The van der Waals surface area contributed by atoms with Crippen LogP contribution in [0.15, 0.2) is 48.5 Å². The Hall–Kier alpha value is -2.04. The van der Waals surface area contributed by atoms with Gasteiger partial charge in [0.15, 0.2) is 0 Å². The zero-order chi connectivity index (χ0) is 18.4. The summed E-state index contributed by atoms with van der Waals surface area (Å²) in [5.74, 6) is 2.33. The summed E-state index contributed by atoms with van der Waals surface area (Å²) in [4.78, 5) is 2.56. The summed E-state index contributed by atoms with van der Waals surface area (Å²) in [5, 5.41) is 3.74. The Bertz CT molecular complexity index is 690. The highest BCUT2D eigenvalue weighted by Crippen LogP contribution is 2.25. The van der Waals surface area contributed by atoms with Crippen LogP contribution in [-0.4, -0.2) is 38.3 Å². The lowest BCUT2D eigenvalue weighted by Crippen LogP contribution is -2.47. The van der Waals surface area contributed by atoms with E-state index in [-0.39, 0.29) is 0 Å². The average Bonchev–Trinajstić information content (AvgIpc) is 2.68. The van der Waals surface area contributed by atoms with E-state index in [1.165, 1.54) is 17.5 Å². The Balaban J connectivity index is 1.52. The molecule has 4 heteroatoms. The summed E-state index contributed by atoms with van der Waals surface area (Å²) >= 11 is 0. The van der Waals surface area contributed by atoms with E-state index in [1.54, 1.807) is 14.2 Å². The van der Waals surface area contributed by atoms with Gasteiger partial charge in [-0.25, -0.2) is 0 Å². The molecule has 2 aromatic carbocycles. The van der Waals surface area contributed by atoms with Gasteiger partial charge in [-0.2, -0.15) is 0 Å². The maximum Gasteiger partial charge on any atom is 0.127 e. The van der Waals surface area contributed by atoms with Crippen molar-refractivity contribution < 1.29 is 9.47 Å². The first-order valence-corrected chi connectivity index (χ1v) is 9.40. The molecule has 0 radical (unpaired) electrons. The van der Waals surface area contributed by atoms with E-state index in [2.05, 4.69) is 53.5 Å². The standard InChI is InChI=1S/C22H30N2O2/c1-17-15-24(16-18-7-5-4-6-8-18)12-11-21(17)23-14-19-9-10-20(25-2)13-22(19)26-3/h4-10,13,17,21,23H,11-12,14-16H2,1-3H3/t17-,21+/m0/s1. The molecule has 0 spiro atoms. The fourth-order valence-electron chi connectivity index (χ4n) is 3.76. The Morgan fingerprint density at radius 3 is 2.58 bits per heavy atom. The lowest BCUT2D eigenvalue weighted by atomic mass is 9.93. The highest BCUT2D eigenvalue weighted by molar-refractivity contribution is 5.40. The lowest BCUT2D eigenvalue weighted by Gasteiger charge is -2.37. The van der Waals surface area contributed by atoms with E-state index in [4.69, 9.17) is 9.47 Å². The van der Waals surface area contributed by atoms with E-state index in [0.29, 0.717) is 12.0 Å². The van der Waals surface area contributed by atoms with Crippen LogP contribution in [0, 0.1) is 5.92 Å². The summed E-state index contributed by atoms with van der Waals surface area (Å²) in [6.45, 7) is 6.48. The van der Waals surface area contributed by atoms with E-state index < -0.39 is 0 Å². The molecule has 0 bridgehead atoms. The second-order valence-electron chi connectivity index (χ2n) is 7.15. The summed E-state index contributed by atoms with van der Waals surface area (Å²) in [5.41, 5.74) is 2.57. The first kappa shape index (κ1) is 18.7. The number of ether oxygens (including phenoxy) is 2. The van der Waals surface area contributed by atoms with Gasteiger partial charge in [0, 0.05) is 37.3 Å². The second-order valence-corrected chi connectivity index (χ2v) is 7.15. The largest absolute Gasteiger partial charge is 0.497 e. The number of nitrogens with one attached hydrogen (secondary N) is 1. The van der Waals surface area contributed by atoms with Crippen LogP contribution in [0.2, 0.25) is 0 Å². The van der Waals surface area contributed by atoms with Gasteiger partial charge in [-0.1, -0.05) is 43.3 Å². The summed E-state index contributed by atoms with van der Waals surface area (Å²) in [6, 6.07) is 17.3. The van der Waals surface area contributed by atoms with Crippen molar-refractivity contribution in [2.75, 3.05) is 27.3 Å². The van der Waals surface area contributed by atoms with Crippen molar-refractivity contribution in [1.29, 1.82) is 0 Å². The van der Waals surface area contributed by atoms with Crippen molar-refractivity contribution >= 4 is 0 Å². The number of piperidine rings is 1. The van der Waals surface area contributed by atoms with Gasteiger partial charge in [0.05, 0.1) is 14.2 Å². The van der Waals surface area contributed by atoms with Gasteiger partial charge in [-0.15, -0.1) is 0 Å². The molecule has 3 rings (SSSR count). The summed E-state index contributed by atoms with van der Waals surface area (Å²) in [7, 11) is 3.39. The topological polar surface area (TPSA) is 33.7 Å². The molecule has 0 saturated carbocycles. The third kappa shape index (κ3) is 4.77. The maximum absolute atomic E-state index is 5.51. The molecule has 26 heavy (non-hydrogen) atoms. The number of methoxy groups -OCH3 is 2. The molecular formula is C22H30N2O2. The van der Waals surface area contributed by atoms with Gasteiger partial charge in [-0.05, 0) is 30.5 Å². The molecule has 1 aliphatic heterocycles. The van der Waals surface area contributed by atoms with Crippen LogP contribution in [0.5, 0.6) is 11.5 Å². The Labute approximate surface area is 157 Å². The maximum atomic E-state index is 5.51. The van der Waals surface area contributed by atoms with Crippen LogP contribution in [0.25, 0.3) is 0 Å². The number of benzene rings is 2. The Kier molecular flexibility index (Phi) is 6.53. The number of hydrogen-bond donors (Lipinski definition) is 1. The SMILES string of the molecule is COc1ccc(CN[C@@H]2CCN(Cc3ccccc3)C[C@@H]2C)c(OC)c1. The molecule has 1 fully saturated rings. The number of likely N-dealkylation sites (tertiary alicyclic amines) is 1. The fourth-order valence-corrected chi connectivity index (χ4v) is 3.76.